The second-order valence-electron chi connectivity index (χ2n) is 14.3. The third-order valence-corrected chi connectivity index (χ3v) is 9.11. The molecule has 9 heteroatoms. The summed E-state index contributed by atoms with van der Waals surface area (Å²) >= 11 is 0. The zero-order chi connectivity index (χ0) is 37.0. The number of carbonyl (C=O) groups is 1. The summed E-state index contributed by atoms with van der Waals surface area (Å²) in [5.41, 5.74) is 0. The van der Waals surface area contributed by atoms with Crippen LogP contribution in [0.1, 0.15) is 149 Å². The first-order valence-electron chi connectivity index (χ1n) is 19.9. The second-order valence-corrected chi connectivity index (χ2v) is 15.7. The predicted molar refractivity (Wildman–Crippen MR) is 208 cm³/mol. The number of unbranched alkanes of at least 4 members (excludes halogenated alkanes) is 14. The largest absolute Gasteiger partial charge is 0.756 e. The number of phosphoric ester groups is 1. The molecule has 0 N–H and O–H groups in total. The highest BCUT2D eigenvalue weighted by molar-refractivity contribution is 7.45. The maximum absolute atomic E-state index is 12.4. The number of ether oxygens (including phenoxy) is 2. The lowest BCUT2D eigenvalue weighted by Crippen LogP contribution is -2.37. The van der Waals surface area contributed by atoms with E-state index in [9.17, 15) is 14.3 Å². The van der Waals surface area contributed by atoms with Crippen LogP contribution in [0, 0.1) is 0 Å². The van der Waals surface area contributed by atoms with Gasteiger partial charge in [0.1, 0.15) is 19.3 Å². The maximum Gasteiger partial charge on any atom is 0.306 e. The Kier molecular flexibility index (Phi) is 33.5. The molecule has 0 aliphatic heterocycles. The molecular weight excluding hydrogens is 649 g/mol. The Bertz CT molecular complexity index is 942. The average molecular weight is 726 g/mol. The number of quaternary nitrogens is 1. The SMILES string of the molecule is CC/C=C\C/C=C\C/C=C\C/C=C\CCCCCCCCCCCCCOCC(COP(=O)([O-])OCC[N+](C)(C)C)OC(=O)CCCCCC. The molecule has 8 nitrogen and oxygen atoms in total. The fraction of sp³-hybridized carbons (Fsp3) is 0.780. The highest BCUT2D eigenvalue weighted by Gasteiger charge is 2.20. The molecule has 0 aromatic heterocycles. The number of phosphoric acid groups is 1. The molecule has 2 unspecified atom stereocenters. The van der Waals surface area contributed by atoms with Gasteiger partial charge in [-0.05, 0) is 51.4 Å². The van der Waals surface area contributed by atoms with Crippen LogP contribution in [0.3, 0.4) is 0 Å². The Morgan fingerprint density at radius 1 is 0.640 bits per heavy atom. The van der Waals surface area contributed by atoms with Crippen LogP contribution >= 0.6 is 7.82 Å². The Balaban J connectivity index is 3.93. The van der Waals surface area contributed by atoms with E-state index in [0.29, 0.717) is 24.1 Å². The summed E-state index contributed by atoms with van der Waals surface area (Å²) in [5.74, 6) is -0.355. The van der Waals surface area contributed by atoms with Gasteiger partial charge in [0.2, 0.25) is 0 Å². The predicted octanol–water partition coefficient (Wildman–Crippen LogP) is 10.6. The lowest BCUT2D eigenvalue weighted by Gasteiger charge is -2.28. The number of carbonyl (C=O) groups excluding carboxylic acids is 1. The summed E-state index contributed by atoms with van der Waals surface area (Å²) in [4.78, 5) is 24.6. The fourth-order valence-electron chi connectivity index (χ4n) is 5.06. The van der Waals surface area contributed by atoms with E-state index in [0.717, 1.165) is 64.2 Å². The zero-order valence-corrected chi connectivity index (χ0v) is 33.7. The van der Waals surface area contributed by atoms with Crippen LogP contribution in [0.2, 0.25) is 0 Å². The van der Waals surface area contributed by atoms with E-state index in [1.54, 1.807) is 0 Å². The summed E-state index contributed by atoms with van der Waals surface area (Å²) in [5, 5.41) is 0. The van der Waals surface area contributed by atoms with Crippen molar-refractivity contribution >= 4 is 13.8 Å². The number of nitrogens with zero attached hydrogens (tertiary/aromatic N) is 1. The zero-order valence-electron chi connectivity index (χ0n) is 32.8. The number of hydrogen-bond acceptors (Lipinski definition) is 7. The van der Waals surface area contributed by atoms with Gasteiger partial charge in [-0.3, -0.25) is 9.36 Å². The first-order chi connectivity index (χ1) is 24.1. The molecule has 0 bridgehead atoms. The van der Waals surface area contributed by atoms with E-state index in [1.165, 1.54) is 64.2 Å². The minimum Gasteiger partial charge on any atom is -0.756 e. The number of allylic oxidation sites excluding steroid dienone is 8. The van der Waals surface area contributed by atoms with Gasteiger partial charge >= 0.3 is 5.97 Å². The summed E-state index contributed by atoms with van der Waals surface area (Å²) in [6.07, 6.45) is 40.4. The highest BCUT2D eigenvalue weighted by atomic mass is 31.2. The van der Waals surface area contributed by atoms with E-state index in [4.69, 9.17) is 18.5 Å². The van der Waals surface area contributed by atoms with Crippen LogP contribution in [0.4, 0.5) is 0 Å². The summed E-state index contributed by atoms with van der Waals surface area (Å²) in [6.45, 7) is 5.15. The molecule has 0 aromatic carbocycles. The molecule has 0 rings (SSSR count). The van der Waals surface area contributed by atoms with Gasteiger partial charge in [-0.25, -0.2) is 0 Å². The number of esters is 1. The Morgan fingerprint density at radius 2 is 1.16 bits per heavy atom. The van der Waals surface area contributed by atoms with Crippen molar-refractivity contribution in [3.63, 3.8) is 0 Å². The van der Waals surface area contributed by atoms with Crippen LogP contribution in [0.25, 0.3) is 0 Å². The van der Waals surface area contributed by atoms with Crippen LogP contribution < -0.4 is 4.89 Å². The Hall–Kier alpha value is -1.54. The Labute approximate surface area is 308 Å². The molecule has 0 fully saturated rings. The Morgan fingerprint density at radius 3 is 1.72 bits per heavy atom. The molecule has 292 valence electrons. The smallest absolute Gasteiger partial charge is 0.306 e. The van der Waals surface area contributed by atoms with E-state index >= 15 is 0 Å². The quantitative estimate of drug-likeness (QED) is 0.0209. The van der Waals surface area contributed by atoms with Crippen molar-refractivity contribution in [2.24, 2.45) is 0 Å². The first kappa shape index (κ1) is 48.5. The third-order valence-electron chi connectivity index (χ3n) is 8.14. The molecule has 0 aromatic rings. The minimum absolute atomic E-state index is 0.0242. The van der Waals surface area contributed by atoms with Crippen molar-refractivity contribution in [2.45, 2.75) is 155 Å². The topological polar surface area (TPSA) is 94.1 Å². The fourth-order valence-corrected chi connectivity index (χ4v) is 5.79. The van der Waals surface area contributed by atoms with Crippen molar-refractivity contribution in [3.05, 3.63) is 48.6 Å². The minimum atomic E-state index is -4.50. The lowest BCUT2D eigenvalue weighted by molar-refractivity contribution is -0.870. The molecule has 0 heterocycles. The lowest BCUT2D eigenvalue weighted by atomic mass is 10.1. The molecule has 0 amide bonds. The highest BCUT2D eigenvalue weighted by Crippen LogP contribution is 2.38. The maximum atomic E-state index is 12.4. The molecule has 50 heavy (non-hydrogen) atoms. The van der Waals surface area contributed by atoms with Gasteiger partial charge in [0, 0.05) is 13.0 Å². The van der Waals surface area contributed by atoms with Crippen LogP contribution in [0.5, 0.6) is 0 Å². The molecule has 0 aliphatic carbocycles. The first-order valence-corrected chi connectivity index (χ1v) is 21.3. The van der Waals surface area contributed by atoms with Crippen molar-refractivity contribution in [2.75, 3.05) is 54.1 Å². The van der Waals surface area contributed by atoms with Gasteiger partial charge in [0.05, 0.1) is 34.4 Å². The van der Waals surface area contributed by atoms with E-state index in [2.05, 4.69) is 62.5 Å². The third kappa shape index (κ3) is 37.7. The average Bonchev–Trinajstić information content (AvgIpc) is 3.06. The van der Waals surface area contributed by atoms with Crippen molar-refractivity contribution < 1.29 is 37.3 Å². The summed E-state index contributed by atoms with van der Waals surface area (Å²) < 4.78 is 34.2. The van der Waals surface area contributed by atoms with Gasteiger partial charge in [0.15, 0.2) is 0 Å². The van der Waals surface area contributed by atoms with Crippen molar-refractivity contribution in [3.8, 4) is 0 Å². The van der Waals surface area contributed by atoms with Gasteiger partial charge in [-0.15, -0.1) is 0 Å². The monoisotopic (exact) mass is 726 g/mol. The van der Waals surface area contributed by atoms with Crippen LogP contribution in [0.15, 0.2) is 48.6 Å². The van der Waals surface area contributed by atoms with Gasteiger partial charge in [0.25, 0.3) is 7.82 Å². The van der Waals surface area contributed by atoms with E-state index in [1.807, 2.05) is 21.1 Å². The molecule has 0 spiro atoms. The molecule has 0 saturated heterocycles. The van der Waals surface area contributed by atoms with Gasteiger partial charge in [-0.1, -0.05) is 140 Å². The summed E-state index contributed by atoms with van der Waals surface area (Å²) in [7, 11) is 1.35. The van der Waals surface area contributed by atoms with Crippen molar-refractivity contribution in [1.29, 1.82) is 0 Å². The van der Waals surface area contributed by atoms with Gasteiger partial charge < -0.3 is 27.9 Å². The normalized spacial score (nSPS) is 14.4. The second kappa shape index (κ2) is 34.5. The molecule has 2 atom stereocenters. The summed E-state index contributed by atoms with van der Waals surface area (Å²) in [6, 6.07) is 0. The molecular formula is C41H76NO7P. The molecule has 0 saturated carbocycles. The standard InChI is InChI=1S/C41H76NO7P/c1-6-8-10-12-13-14-15-16-17-18-19-20-21-22-23-24-25-26-27-28-29-30-31-33-36-46-38-40(49-41(43)34-32-11-9-7-2)39-48-50(44,45)47-37-35-42(3,4)5/h8,10,13-14,16-17,19-20,40H,6-7,9,11-12,15,18,21-39H2,1-5H3/b10-8-,14-13-,17-16-,20-19-. The van der Waals surface area contributed by atoms with E-state index < -0.39 is 13.9 Å². The molecule has 0 radical (unpaired) electrons. The van der Waals surface area contributed by atoms with E-state index in [-0.39, 0.29) is 25.8 Å². The van der Waals surface area contributed by atoms with Crippen LogP contribution in [-0.4, -0.2) is 70.7 Å². The van der Waals surface area contributed by atoms with Gasteiger partial charge in [-0.2, -0.15) is 0 Å². The molecule has 0 aliphatic rings. The van der Waals surface area contributed by atoms with Crippen LogP contribution in [-0.2, 0) is 27.9 Å². The number of rotatable bonds is 36. The number of likely N-dealkylation sites (N-methyl/N-ethyl adjacent to an activating group) is 1. The number of hydrogen-bond donors (Lipinski definition) is 0. The van der Waals surface area contributed by atoms with Crippen molar-refractivity contribution in [1.82, 2.24) is 0 Å².